The molecule has 1 aromatic carbocycles. The van der Waals surface area contributed by atoms with Crippen molar-refractivity contribution in [2.24, 2.45) is 23.2 Å². The third-order valence-corrected chi connectivity index (χ3v) is 12.8. The monoisotopic (exact) mass is 781 g/mol. The summed E-state index contributed by atoms with van der Waals surface area (Å²) in [7, 11) is 0.528. The highest BCUT2D eigenvalue weighted by Crippen LogP contribution is 2.65. The number of hydrogen-bond acceptors (Lipinski definition) is 10. The van der Waals surface area contributed by atoms with Gasteiger partial charge in [0.25, 0.3) is 0 Å². The van der Waals surface area contributed by atoms with Gasteiger partial charge in [0.1, 0.15) is 23.0 Å². The topological polar surface area (TPSA) is 193 Å². The molecule has 3 aliphatic heterocycles. The maximum Gasteiger partial charge on any atom is 0.482 e. The third-order valence-electron chi connectivity index (χ3n) is 12.8. The van der Waals surface area contributed by atoms with Crippen LogP contribution >= 0.6 is 0 Å². The molecule has 3 heterocycles. The average molecular weight is 782 g/mol. The highest BCUT2D eigenvalue weighted by molar-refractivity contribution is 6.48. The van der Waals surface area contributed by atoms with Gasteiger partial charge >= 0.3 is 37.0 Å². The number of piperazine rings is 1. The lowest BCUT2D eigenvalue weighted by Gasteiger charge is -2.64. The van der Waals surface area contributed by atoms with Gasteiger partial charge in [0, 0.05) is 32.7 Å². The fraction of sp³-hybridized carbons (Fsp3) is 0.692. The van der Waals surface area contributed by atoms with Crippen LogP contribution in [0.5, 0.6) is 5.75 Å². The van der Waals surface area contributed by atoms with Crippen molar-refractivity contribution in [2.75, 3.05) is 39.8 Å². The number of ether oxygens (including phenoxy) is 2. The van der Waals surface area contributed by atoms with Crippen LogP contribution in [0.2, 0.25) is 0 Å². The first-order chi connectivity index (χ1) is 26.3. The number of esters is 1. The molecule has 3 aliphatic carbocycles. The fourth-order valence-electron chi connectivity index (χ4n) is 9.48. The molecule has 0 aromatic heterocycles. The zero-order valence-electron chi connectivity index (χ0n) is 33.7. The Balaban J connectivity index is 1.31. The lowest BCUT2D eigenvalue weighted by atomic mass is 9.43. The molecule has 6 amide bonds. The Morgan fingerprint density at radius 1 is 1.02 bits per heavy atom. The normalized spacial score (nSPS) is 27.2. The van der Waals surface area contributed by atoms with Crippen LogP contribution in [0.4, 0.5) is 9.59 Å². The van der Waals surface area contributed by atoms with Crippen LogP contribution in [0.1, 0.15) is 90.1 Å². The van der Waals surface area contributed by atoms with Crippen LogP contribution in [0.25, 0.3) is 0 Å². The molecule has 0 radical (unpaired) electrons. The van der Waals surface area contributed by atoms with Crippen LogP contribution < -0.4 is 15.4 Å². The molecule has 6 atom stereocenters. The number of nitrogens with one attached hydrogen (secondary N) is 2. The number of hydrogen-bond donors (Lipinski definition) is 3. The summed E-state index contributed by atoms with van der Waals surface area (Å²) in [5.74, 6) is -3.37. The van der Waals surface area contributed by atoms with Crippen molar-refractivity contribution in [3.63, 3.8) is 0 Å². The minimum Gasteiger partial charge on any atom is -0.496 e. The van der Waals surface area contributed by atoms with Gasteiger partial charge in [0.15, 0.2) is 0 Å². The van der Waals surface area contributed by atoms with E-state index in [1.165, 1.54) is 16.9 Å². The van der Waals surface area contributed by atoms with Crippen molar-refractivity contribution in [1.29, 1.82) is 0 Å². The molecule has 7 rings (SSSR count). The smallest absolute Gasteiger partial charge is 0.482 e. The zero-order chi connectivity index (χ0) is 40.9. The highest BCUT2D eigenvalue weighted by atomic mass is 16.7. The minimum atomic E-state index is -1.21. The molecule has 6 aliphatic rings. The fourth-order valence-corrected chi connectivity index (χ4v) is 9.48. The number of benzene rings is 1. The molecule has 17 heteroatoms. The van der Waals surface area contributed by atoms with Gasteiger partial charge in [0.05, 0.1) is 24.8 Å². The van der Waals surface area contributed by atoms with E-state index in [-0.39, 0.29) is 74.2 Å². The maximum atomic E-state index is 14.7. The summed E-state index contributed by atoms with van der Waals surface area (Å²) in [6.45, 7) is 14.3. The Morgan fingerprint density at radius 2 is 1.71 bits per heavy atom. The molecule has 1 aromatic rings. The molecule has 1 unspecified atom stereocenters. The molecular weight excluding hydrogens is 725 g/mol. The Morgan fingerprint density at radius 3 is 2.32 bits per heavy atom. The average Bonchev–Trinajstić information content (AvgIpc) is 3.51. The SMILES string of the molecule is CCN1CCN(C(=O)NC(C(=O)N[C@@H](Cc2cccc(C(=O)OC(C)(C)C)c2OC)B2O[C@@H]3C[C@@H]4C[C@@H](C4(C)C)[C@]3(C)O2)C2CCN(C(=O)O)CC2)C(=O)C1=O. The van der Waals surface area contributed by atoms with Crippen molar-refractivity contribution in [1.82, 2.24) is 25.3 Å². The number of carboxylic acid groups (broad SMARTS) is 1. The van der Waals surface area contributed by atoms with Gasteiger partial charge in [-0.25, -0.2) is 14.4 Å². The predicted molar refractivity (Wildman–Crippen MR) is 203 cm³/mol. The van der Waals surface area contributed by atoms with E-state index in [1.54, 1.807) is 45.9 Å². The molecule has 2 bridgehead atoms. The number of imide groups is 1. The molecule has 3 saturated heterocycles. The van der Waals surface area contributed by atoms with Crippen molar-refractivity contribution < 1.29 is 52.7 Å². The van der Waals surface area contributed by atoms with Crippen molar-refractivity contribution in [3.8, 4) is 5.75 Å². The molecule has 56 heavy (non-hydrogen) atoms. The second kappa shape index (κ2) is 15.5. The first-order valence-corrected chi connectivity index (χ1v) is 19.7. The molecule has 3 N–H and O–H groups in total. The predicted octanol–water partition coefficient (Wildman–Crippen LogP) is 3.10. The highest BCUT2D eigenvalue weighted by Gasteiger charge is 2.68. The van der Waals surface area contributed by atoms with Crippen LogP contribution in [-0.2, 0) is 34.9 Å². The number of amides is 6. The number of likely N-dealkylation sites (N-methyl/N-ethyl adjacent to an activating group) is 1. The molecule has 16 nitrogen and oxygen atoms in total. The number of methoxy groups -OCH3 is 1. The summed E-state index contributed by atoms with van der Waals surface area (Å²) in [5, 5.41) is 15.5. The number of carbonyl (C=O) groups is 6. The van der Waals surface area contributed by atoms with Crippen molar-refractivity contribution in [3.05, 3.63) is 29.3 Å². The Kier molecular flexibility index (Phi) is 11.4. The molecule has 306 valence electrons. The largest absolute Gasteiger partial charge is 0.496 e. The molecule has 3 saturated carbocycles. The van der Waals surface area contributed by atoms with Gasteiger partial charge in [-0.3, -0.25) is 19.3 Å². The van der Waals surface area contributed by atoms with Gasteiger partial charge < -0.3 is 44.3 Å². The molecule has 0 spiro atoms. The van der Waals surface area contributed by atoms with Crippen molar-refractivity contribution >= 4 is 42.9 Å². The van der Waals surface area contributed by atoms with E-state index in [0.29, 0.717) is 18.0 Å². The van der Waals surface area contributed by atoms with Gasteiger partial charge in [-0.1, -0.05) is 26.0 Å². The van der Waals surface area contributed by atoms with E-state index in [0.717, 1.165) is 17.7 Å². The van der Waals surface area contributed by atoms with E-state index in [4.69, 9.17) is 18.8 Å². The lowest BCUT2D eigenvalue weighted by Crippen LogP contribution is -2.65. The number of para-hydroxylation sites is 1. The Hall–Kier alpha value is -4.38. The Labute approximate surface area is 328 Å². The number of piperidine rings is 1. The lowest BCUT2D eigenvalue weighted by molar-refractivity contribution is -0.199. The number of carbonyl (C=O) groups excluding carboxylic acids is 5. The first kappa shape index (κ1) is 41.3. The van der Waals surface area contributed by atoms with Crippen molar-refractivity contribution in [2.45, 2.75) is 110 Å². The number of likely N-dealkylation sites (tertiary alicyclic amines) is 1. The van der Waals surface area contributed by atoms with Crippen LogP contribution in [0.15, 0.2) is 18.2 Å². The zero-order valence-corrected chi connectivity index (χ0v) is 33.7. The standard InChI is InChI=1S/C39H56BN5O11/c1-9-43-17-18-45(33(48)32(43)47)35(50)42-29(22-13-15-44(16-14-22)36(51)52)31(46)41-28(40-55-27-21-24-20-26(38(24,5)6)39(27,7)56-40)19-23-11-10-12-25(30(23)53-8)34(49)54-37(2,3)4/h10-12,22,24,26-29H,9,13-21H2,1-8H3,(H,41,46)(H,42,50)(H,51,52)/t24-,26-,27+,28-,29?,39-/m0/s1. The number of urea groups is 1. The summed E-state index contributed by atoms with van der Waals surface area (Å²) >= 11 is 0. The number of rotatable bonds is 10. The minimum absolute atomic E-state index is 0.0469. The van der Waals surface area contributed by atoms with E-state index in [2.05, 4.69) is 31.4 Å². The summed E-state index contributed by atoms with van der Waals surface area (Å²) in [6.07, 6.45) is 1.11. The number of nitrogens with zero attached hydrogens (tertiary/aromatic N) is 3. The second-order valence-electron chi connectivity index (χ2n) is 17.5. The van der Waals surface area contributed by atoms with E-state index in [9.17, 15) is 33.9 Å². The first-order valence-electron chi connectivity index (χ1n) is 19.7. The van der Waals surface area contributed by atoms with E-state index in [1.807, 2.05) is 0 Å². The molecule has 6 fully saturated rings. The van der Waals surface area contributed by atoms with E-state index >= 15 is 0 Å². The quantitative estimate of drug-likeness (QED) is 0.180. The van der Waals surface area contributed by atoms with Gasteiger partial charge in [-0.2, -0.15) is 0 Å². The molecular formula is C39H56BN5O11. The van der Waals surface area contributed by atoms with Crippen LogP contribution in [-0.4, -0.2) is 132 Å². The summed E-state index contributed by atoms with van der Waals surface area (Å²) in [4.78, 5) is 82.6. The summed E-state index contributed by atoms with van der Waals surface area (Å²) in [5.41, 5.74) is -0.555. The second-order valence-corrected chi connectivity index (χ2v) is 17.5. The summed E-state index contributed by atoms with van der Waals surface area (Å²) in [6, 6.07) is 3.00. The van der Waals surface area contributed by atoms with Gasteiger partial charge in [0.2, 0.25) is 5.91 Å². The summed E-state index contributed by atoms with van der Waals surface area (Å²) < 4.78 is 25.0. The van der Waals surface area contributed by atoms with Crippen LogP contribution in [0.3, 0.4) is 0 Å². The van der Waals surface area contributed by atoms with Gasteiger partial charge in [-0.05, 0) is 102 Å². The third kappa shape index (κ3) is 7.80. The Bertz CT molecular complexity index is 1740. The van der Waals surface area contributed by atoms with E-state index < -0.39 is 72.0 Å². The van der Waals surface area contributed by atoms with Crippen LogP contribution in [0, 0.1) is 23.2 Å². The maximum absolute atomic E-state index is 14.7. The van der Waals surface area contributed by atoms with Gasteiger partial charge in [-0.15, -0.1) is 0 Å².